The maximum atomic E-state index is 6.15. The summed E-state index contributed by atoms with van der Waals surface area (Å²) >= 11 is 0. The minimum atomic E-state index is -1.59. The maximum absolute atomic E-state index is 6.15. The third-order valence-electron chi connectivity index (χ3n) is 3.91. The second kappa shape index (κ2) is 5.89. The second-order valence-corrected chi connectivity index (χ2v) is 11.2. The Bertz CT molecular complexity index is 382. The molecule has 0 aliphatic carbocycles. The number of hydrogen-bond donors (Lipinski definition) is 1. The van der Waals surface area contributed by atoms with Crippen LogP contribution in [-0.4, -0.2) is 14.9 Å². The number of rotatable bonds is 5. The van der Waals surface area contributed by atoms with Crippen molar-refractivity contribution in [1.82, 2.24) is 0 Å². The molecule has 3 heteroatoms. The fourth-order valence-electron chi connectivity index (χ4n) is 1.57. The Hall–Kier alpha value is -0.803. The molecule has 0 spiro atoms. The normalized spacial score (nSPS) is 12.7. The van der Waals surface area contributed by atoms with Gasteiger partial charge in [-0.3, -0.25) is 0 Å². The third-order valence-corrected chi connectivity index (χ3v) is 8.45. The largest absolute Gasteiger partial charge is 0.417 e. The van der Waals surface area contributed by atoms with E-state index in [1.807, 2.05) is 18.2 Å². The van der Waals surface area contributed by atoms with E-state index in [2.05, 4.69) is 39.9 Å². The van der Waals surface area contributed by atoms with Crippen LogP contribution in [0.25, 0.3) is 0 Å². The smallest absolute Gasteiger partial charge is 0.191 e. The number of aryl methyl sites for hydroxylation is 1. The van der Waals surface area contributed by atoms with E-state index in [0.29, 0.717) is 5.04 Å². The monoisotopic (exact) mass is 265 g/mol. The lowest BCUT2D eigenvalue weighted by molar-refractivity contribution is 0.282. The molecule has 18 heavy (non-hydrogen) atoms. The highest BCUT2D eigenvalue weighted by Crippen LogP contribution is 2.36. The third kappa shape index (κ3) is 4.14. The van der Waals surface area contributed by atoms with Gasteiger partial charge in [-0.2, -0.15) is 0 Å². The van der Waals surface area contributed by atoms with Gasteiger partial charge in [0, 0.05) is 12.3 Å². The SMILES string of the molecule is CC(C)(C)[Si](C)(C)OCCCc1ccccc1N. The molecule has 0 radical (unpaired) electrons. The first-order valence-electron chi connectivity index (χ1n) is 6.71. The molecular weight excluding hydrogens is 238 g/mol. The number of anilines is 1. The first-order valence-corrected chi connectivity index (χ1v) is 9.62. The van der Waals surface area contributed by atoms with Gasteiger partial charge in [0.25, 0.3) is 0 Å². The summed E-state index contributed by atoms with van der Waals surface area (Å²) in [6.45, 7) is 12.2. The lowest BCUT2D eigenvalue weighted by Crippen LogP contribution is -2.41. The standard InChI is InChI=1S/C15H27NOSi/c1-15(2,3)18(4,5)17-12-8-10-13-9-6-7-11-14(13)16/h6-7,9,11H,8,10,12,16H2,1-5H3. The topological polar surface area (TPSA) is 35.2 Å². The van der Waals surface area contributed by atoms with Crippen LogP contribution in [-0.2, 0) is 10.8 Å². The summed E-state index contributed by atoms with van der Waals surface area (Å²) in [5.74, 6) is 0. The first kappa shape index (κ1) is 15.3. The Morgan fingerprint density at radius 3 is 2.33 bits per heavy atom. The van der Waals surface area contributed by atoms with E-state index in [1.165, 1.54) is 5.56 Å². The Kier molecular flexibility index (Phi) is 4.99. The van der Waals surface area contributed by atoms with E-state index in [-0.39, 0.29) is 0 Å². The van der Waals surface area contributed by atoms with Crippen molar-refractivity contribution in [2.45, 2.75) is 51.7 Å². The van der Waals surface area contributed by atoms with Crippen LogP contribution in [0.1, 0.15) is 32.8 Å². The molecule has 1 aromatic rings. The minimum absolute atomic E-state index is 0.290. The molecule has 0 aliphatic rings. The molecule has 0 heterocycles. The Labute approximate surface area is 113 Å². The van der Waals surface area contributed by atoms with Gasteiger partial charge in [-0.1, -0.05) is 39.0 Å². The summed E-state index contributed by atoms with van der Waals surface area (Å²) in [5.41, 5.74) is 8.05. The first-order chi connectivity index (χ1) is 8.24. The van der Waals surface area contributed by atoms with E-state index in [1.54, 1.807) is 0 Å². The fourth-order valence-corrected chi connectivity index (χ4v) is 2.66. The van der Waals surface area contributed by atoms with Crippen LogP contribution in [0.3, 0.4) is 0 Å². The van der Waals surface area contributed by atoms with Crippen molar-refractivity contribution in [2.75, 3.05) is 12.3 Å². The van der Waals surface area contributed by atoms with Crippen LogP contribution in [0.15, 0.2) is 24.3 Å². The van der Waals surface area contributed by atoms with E-state index >= 15 is 0 Å². The van der Waals surface area contributed by atoms with E-state index in [4.69, 9.17) is 10.2 Å². The Balaban J connectivity index is 2.38. The molecule has 1 rings (SSSR count). The van der Waals surface area contributed by atoms with Crippen LogP contribution in [0.2, 0.25) is 18.1 Å². The molecule has 2 N–H and O–H groups in total. The highest BCUT2D eigenvalue weighted by atomic mass is 28.4. The predicted octanol–water partition coefficient (Wildman–Crippen LogP) is 4.22. The predicted molar refractivity (Wildman–Crippen MR) is 82.3 cm³/mol. The zero-order chi connectivity index (χ0) is 13.8. The van der Waals surface area contributed by atoms with Gasteiger partial charge in [-0.25, -0.2) is 0 Å². The number of benzene rings is 1. The summed E-state index contributed by atoms with van der Waals surface area (Å²) < 4.78 is 6.15. The van der Waals surface area contributed by atoms with Gasteiger partial charge in [-0.15, -0.1) is 0 Å². The van der Waals surface area contributed by atoms with Crippen molar-refractivity contribution in [3.63, 3.8) is 0 Å². The minimum Gasteiger partial charge on any atom is -0.417 e. The van der Waals surface area contributed by atoms with E-state index < -0.39 is 8.32 Å². The summed E-state index contributed by atoms with van der Waals surface area (Å²) in [7, 11) is -1.59. The number of nitrogens with two attached hydrogens (primary N) is 1. The quantitative estimate of drug-likeness (QED) is 0.491. The van der Waals surface area contributed by atoms with Crippen molar-refractivity contribution < 1.29 is 4.43 Å². The van der Waals surface area contributed by atoms with Crippen molar-refractivity contribution in [1.29, 1.82) is 0 Å². The van der Waals surface area contributed by atoms with Gasteiger partial charge in [0.15, 0.2) is 8.32 Å². The Morgan fingerprint density at radius 1 is 1.17 bits per heavy atom. The molecule has 102 valence electrons. The molecule has 0 unspecified atom stereocenters. The van der Waals surface area contributed by atoms with Crippen LogP contribution < -0.4 is 5.73 Å². The van der Waals surface area contributed by atoms with Crippen LogP contribution >= 0.6 is 0 Å². The molecule has 0 aliphatic heterocycles. The van der Waals surface area contributed by atoms with Gasteiger partial charge in [-0.05, 0) is 42.6 Å². The van der Waals surface area contributed by atoms with Gasteiger partial charge in [0.05, 0.1) is 0 Å². The van der Waals surface area contributed by atoms with Crippen LogP contribution in [0.5, 0.6) is 0 Å². The van der Waals surface area contributed by atoms with E-state index in [9.17, 15) is 0 Å². The summed E-state index contributed by atoms with van der Waals surface area (Å²) in [6.07, 6.45) is 2.04. The number of hydrogen-bond acceptors (Lipinski definition) is 2. The van der Waals surface area contributed by atoms with Crippen molar-refractivity contribution in [3.8, 4) is 0 Å². The highest BCUT2D eigenvalue weighted by molar-refractivity contribution is 6.74. The summed E-state index contributed by atoms with van der Waals surface area (Å²) in [4.78, 5) is 0. The number of nitrogen functional groups attached to an aromatic ring is 1. The van der Waals surface area contributed by atoms with Gasteiger partial charge in [0.1, 0.15) is 0 Å². The van der Waals surface area contributed by atoms with Gasteiger partial charge in [0.2, 0.25) is 0 Å². The molecule has 0 bridgehead atoms. The fraction of sp³-hybridized carbons (Fsp3) is 0.600. The van der Waals surface area contributed by atoms with Crippen LogP contribution in [0, 0.1) is 0 Å². The van der Waals surface area contributed by atoms with Crippen molar-refractivity contribution in [3.05, 3.63) is 29.8 Å². The van der Waals surface area contributed by atoms with E-state index in [0.717, 1.165) is 25.1 Å². The zero-order valence-electron chi connectivity index (χ0n) is 12.4. The molecule has 0 atom stereocenters. The molecule has 0 fully saturated rings. The molecular formula is C15H27NOSi. The summed E-state index contributed by atoms with van der Waals surface area (Å²) in [5, 5.41) is 0.290. The Morgan fingerprint density at radius 2 is 1.78 bits per heavy atom. The molecule has 2 nitrogen and oxygen atoms in total. The lowest BCUT2D eigenvalue weighted by Gasteiger charge is -2.36. The van der Waals surface area contributed by atoms with Crippen molar-refractivity contribution >= 4 is 14.0 Å². The zero-order valence-corrected chi connectivity index (χ0v) is 13.4. The number of para-hydroxylation sites is 1. The average Bonchev–Trinajstić information content (AvgIpc) is 2.25. The molecule has 0 amide bonds. The molecule has 1 aromatic carbocycles. The second-order valence-electron chi connectivity index (χ2n) is 6.41. The summed E-state index contributed by atoms with van der Waals surface area (Å²) in [6, 6.07) is 8.08. The average molecular weight is 265 g/mol. The highest BCUT2D eigenvalue weighted by Gasteiger charge is 2.36. The van der Waals surface area contributed by atoms with Crippen molar-refractivity contribution in [2.24, 2.45) is 0 Å². The molecule has 0 aromatic heterocycles. The molecule has 0 saturated carbocycles. The maximum Gasteiger partial charge on any atom is 0.191 e. The lowest BCUT2D eigenvalue weighted by atomic mass is 10.1. The van der Waals surface area contributed by atoms with Crippen LogP contribution in [0.4, 0.5) is 5.69 Å². The van der Waals surface area contributed by atoms with Gasteiger partial charge < -0.3 is 10.2 Å². The molecule has 0 saturated heterocycles. The van der Waals surface area contributed by atoms with Gasteiger partial charge >= 0.3 is 0 Å².